The van der Waals surface area contributed by atoms with Gasteiger partial charge in [-0.05, 0) is 13.0 Å². The Kier molecular flexibility index (Phi) is 3.85. The summed E-state index contributed by atoms with van der Waals surface area (Å²) in [5.41, 5.74) is 1.75. The summed E-state index contributed by atoms with van der Waals surface area (Å²) in [7, 11) is 0. The lowest BCUT2D eigenvalue weighted by atomic mass is 10.2. The van der Waals surface area contributed by atoms with Crippen LogP contribution in [0, 0.1) is 5.41 Å². The van der Waals surface area contributed by atoms with Crippen molar-refractivity contribution in [3.05, 3.63) is 29.8 Å². The lowest BCUT2D eigenvalue weighted by Gasteiger charge is -2.07. The molecule has 0 atom stereocenters. The molecule has 3 nitrogen and oxygen atoms in total. The molecule has 0 amide bonds. The Morgan fingerprint density at radius 1 is 1.50 bits per heavy atom. The number of carbonyl (C=O) groups is 1. The van der Waals surface area contributed by atoms with Crippen LogP contribution < -0.4 is 5.32 Å². The molecule has 0 heterocycles. The molecule has 0 aliphatic heterocycles. The van der Waals surface area contributed by atoms with Crippen LogP contribution in [0.25, 0.3) is 0 Å². The minimum absolute atomic E-state index is 0.171. The van der Waals surface area contributed by atoms with E-state index in [1.165, 1.54) is 6.21 Å². The molecule has 74 valence electrons. The van der Waals surface area contributed by atoms with E-state index in [9.17, 15) is 4.79 Å². The largest absolute Gasteiger partial charge is 0.384 e. The number of nitrogens with one attached hydrogen (secondary N) is 2. The Balaban J connectivity index is 2.57. The second kappa shape index (κ2) is 5.17. The standard InChI is InChI=1S/C11H14N2O/c1-9(14)6-7-13-11-5-3-2-4-10(11)8-12/h2-5,8,12-13H,6-7H2,1H3. The Hall–Kier alpha value is -1.64. The predicted octanol–water partition coefficient (Wildman–Crippen LogP) is 2.08. The van der Waals surface area contributed by atoms with Crippen LogP contribution in [0.15, 0.2) is 24.3 Å². The highest BCUT2D eigenvalue weighted by atomic mass is 16.1. The summed E-state index contributed by atoms with van der Waals surface area (Å²) in [5, 5.41) is 10.3. The quantitative estimate of drug-likeness (QED) is 0.698. The highest BCUT2D eigenvalue weighted by Gasteiger charge is 1.98. The smallest absolute Gasteiger partial charge is 0.131 e. The lowest BCUT2D eigenvalue weighted by Crippen LogP contribution is -2.07. The van der Waals surface area contributed by atoms with Crippen molar-refractivity contribution in [3.63, 3.8) is 0 Å². The third kappa shape index (κ3) is 3.01. The Morgan fingerprint density at radius 2 is 2.21 bits per heavy atom. The fourth-order valence-electron chi connectivity index (χ4n) is 1.16. The van der Waals surface area contributed by atoms with E-state index in [0.29, 0.717) is 13.0 Å². The molecular weight excluding hydrogens is 176 g/mol. The van der Waals surface area contributed by atoms with Crippen LogP contribution in [-0.4, -0.2) is 18.5 Å². The second-order valence-corrected chi connectivity index (χ2v) is 3.11. The van der Waals surface area contributed by atoms with E-state index in [1.807, 2.05) is 24.3 Å². The molecule has 0 radical (unpaired) electrons. The number of para-hydroxylation sites is 1. The zero-order valence-electron chi connectivity index (χ0n) is 8.21. The summed E-state index contributed by atoms with van der Waals surface area (Å²) in [6.45, 7) is 2.20. The topological polar surface area (TPSA) is 53.0 Å². The fourth-order valence-corrected chi connectivity index (χ4v) is 1.16. The Bertz CT molecular complexity index is 334. The third-order valence-electron chi connectivity index (χ3n) is 1.91. The first-order chi connectivity index (χ1) is 6.74. The molecule has 3 heteroatoms. The van der Waals surface area contributed by atoms with Gasteiger partial charge in [-0.25, -0.2) is 0 Å². The van der Waals surface area contributed by atoms with Gasteiger partial charge in [-0.2, -0.15) is 0 Å². The molecule has 1 rings (SSSR count). The van der Waals surface area contributed by atoms with Gasteiger partial charge < -0.3 is 10.7 Å². The first kappa shape index (κ1) is 10.4. The highest BCUT2D eigenvalue weighted by Crippen LogP contribution is 2.11. The molecule has 0 unspecified atom stereocenters. The van der Waals surface area contributed by atoms with Gasteiger partial charge in [0.05, 0.1) is 0 Å². The second-order valence-electron chi connectivity index (χ2n) is 3.11. The van der Waals surface area contributed by atoms with Crippen molar-refractivity contribution in [3.8, 4) is 0 Å². The van der Waals surface area contributed by atoms with Crippen LogP contribution in [0.5, 0.6) is 0 Å². The molecule has 0 bridgehead atoms. The molecule has 0 aromatic heterocycles. The number of anilines is 1. The summed E-state index contributed by atoms with van der Waals surface area (Å²) in [4.78, 5) is 10.7. The third-order valence-corrected chi connectivity index (χ3v) is 1.91. The number of hydrogen-bond donors (Lipinski definition) is 2. The van der Waals surface area contributed by atoms with Gasteiger partial charge in [-0.1, -0.05) is 18.2 Å². The number of rotatable bonds is 5. The van der Waals surface area contributed by atoms with E-state index in [4.69, 9.17) is 5.41 Å². The molecule has 1 aromatic carbocycles. The first-order valence-electron chi connectivity index (χ1n) is 4.57. The van der Waals surface area contributed by atoms with E-state index in [1.54, 1.807) is 6.92 Å². The van der Waals surface area contributed by atoms with Gasteiger partial charge in [0.15, 0.2) is 0 Å². The van der Waals surface area contributed by atoms with E-state index in [-0.39, 0.29) is 5.78 Å². The molecule has 1 aromatic rings. The van der Waals surface area contributed by atoms with Gasteiger partial charge in [0.25, 0.3) is 0 Å². The SMILES string of the molecule is CC(=O)CCNc1ccccc1C=N. The van der Waals surface area contributed by atoms with E-state index >= 15 is 0 Å². The van der Waals surface area contributed by atoms with E-state index < -0.39 is 0 Å². The van der Waals surface area contributed by atoms with Gasteiger partial charge in [-0.15, -0.1) is 0 Å². The van der Waals surface area contributed by atoms with Gasteiger partial charge in [0.2, 0.25) is 0 Å². The number of Topliss-reactive ketones (excluding diaryl/α,β-unsaturated/α-hetero) is 1. The predicted molar refractivity (Wildman–Crippen MR) is 58.1 cm³/mol. The number of hydrogen-bond acceptors (Lipinski definition) is 3. The zero-order valence-corrected chi connectivity index (χ0v) is 8.21. The minimum atomic E-state index is 0.171. The fraction of sp³-hybridized carbons (Fsp3) is 0.273. The molecular formula is C11H14N2O. The van der Waals surface area contributed by atoms with E-state index in [0.717, 1.165) is 11.3 Å². The molecule has 0 saturated carbocycles. The van der Waals surface area contributed by atoms with Crippen molar-refractivity contribution in [1.82, 2.24) is 0 Å². The average Bonchev–Trinajstić information content (AvgIpc) is 2.18. The molecule has 0 fully saturated rings. The normalized spacial score (nSPS) is 9.50. The van der Waals surface area contributed by atoms with Crippen molar-refractivity contribution in [2.24, 2.45) is 0 Å². The zero-order chi connectivity index (χ0) is 10.4. The van der Waals surface area contributed by atoms with Gasteiger partial charge >= 0.3 is 0 Å². The maximum Gasteiger partial charge on any atom is 0.131 e. The van der Waals surface area contributed by atoms with Crippen molar-refractivity contribution in [2.45, 2.75) is 13.3 Å². The van der Waals surface area contributed by atoms with Crippen molar-refractivity contribution < 1.29 is 4.79 Å². The van der Waals surface area contributed by atoms with Crippen molar-refractivity contribution in [2.75, 3.05) is 11.9 Å². The number of benzene rings is 1. The Labute approximate surface area is 83.7 Å². The summed E-state index contributed by atoms with van der Waals surface area (Å²) < 4.78 is 0. The van der Waals surface area contributed by atoms with Crippen LogP contribution in [0.3, 0.4) is 0 Å². The summed E-state index contributed by atoms with van der Waals surface area (Å²) in [5.74, 6) is 0.171. The summed E-state index contributed by atoms with van der Waals surface area (Å²) in [6.07, 6.45) is 1.82. The highest BCUT2D eigenvalue weighted by molar-refractivity contribution is 5.85. The summed E-state index contributed by atoms with van der Waals surface area (Å²) >= 11 is 0. The van der Waals surface area contributed by atoms with E-state index in [2.05, 4.69) is 5.32 Å². The van der Waals surface area contributed by atoms with Crippen LogP contribution in [0.2, 0.25) is 0 Å². The van der Waals surface area contributed by atoms with Gasteiger partial charge in [-0.3, -0.25) is 4.79 Å². The maximum absolute atomic E-state index is 10.7. The molecule has 0 spiro atoms. The lowest BCUT2D eigenvalue weighted by molar-refractivity contribution is -0.116. The molecule has 14 heavy (non-hydrogen) atoms. The van der Waals surface area contributed by atoms with Crippen molar-refractivity contribution >= 4 is 17.7 Å². The average molecular weight is 190 g/mol. The van der Waals surface area contributed by atoms with Crippen LogP contribution in [0.4, 0.5) is 5.69 Å². The molecule has 2 N–H and O–H groups in total. The first-order valence-corrected chi connectivity index (χ1v) is 4.57. The number of carbonyl (C=O) groups excluding carboxylic acids is 1. The van der Waals surface area contributed by atoms with Crippen LogP contribution in [-0.2, 0) is 4.79 Å². The van der Waals surface area contributed by atoms with Gasteiger partial charge in [0, 0.05) is 30.4 Å². The number of ketones is 1. The van der Waals surface area contributed by atoms with Crippen molar-refractivity contribution in [1.29, 1.82) is 5.41 Å². The molecule has 0 aliphatic carbocycles. The monoisotopic (exact) mass is 190 g/mol. The Morgan fingerprint density at radius 3 is 2.86 bits per heavy atom. The van der Waals surface area contributed by atoms with Crippen LogP contribution in [0.1, 0.15) is 18.9 Å². The molecule has 0 saturated heterocycles. The van der Waals surface area contributed by atoms with Crippen LogP contribution >= 0.6 is 0 Å². The molecule has 0 aliphatic rings. The summed E-state index contributed by atoms with van der Waals surface area (Å²) in [6, 6.07) is 7.56. The minimum Gasteiger partial charge on any atom is -0.384 e. The van der Waals surface area contributed by atoms with Gasteiger partial charge in [0.1, 0.15) is 5.78 Å². The maximum atomic E-state index is 10.7.